The molecule has 0 fully saturated rings. The second-order valence-electron chi connectivity index (χ2n) is 4.18. The molecule has 0 bridgehead atoms. The molecule has 3 rings (SSSR count). The molecule has 0 aliphatic carbocycles. The number of para-hydroxylation sites is 1. The first-order valence-electron chi connectivity index (χ1n) is 5.52. The number of pyridine rings is 1. The molecule has 0 amide bonds. The monoisotopic (exact) mass is 266 g/mol. The average molecular weight is 266 g/mol. The smallest absolute Gasteiger partial charge is 0.369 e. The Morgan fingerprint density at radius 3 is 2.63 bits per heavy atom. The molecule has 19 heavy (non-hydrogen) atoms. The lowest BCUT2D eigenvalue weighted by molar-refractivity contribution is -0.139. The van der Waals surface area contributed by atoms with Gasteiger partial charge in [0, 0.05) is 5.39 Å². The lowest BCUT2D eigenvalue weighted by Gasteiger charge is -2.10. The predicted octanol–water partition coefficient (Wildman–Crippen LogP) is 2.73. The van der Waals surface area contributed by atoms with Crippen molar-refractivity contribution in [2.24, 2.45) is 0 Å². The minimum Gasteiger partial charge on any atom is -0.369 e. The summed E-state index contributed by atoms with van der Waals surface area (Å²) < 4.78 is 38.8. The third-order valence-corrected chi connectivity index (χ3v) is 2.85. The van der Waals surface area contributed by atoms with E-state index in [-0.39, 0.29) is 5.95 Å². The zero-order valence-corrected chi connectivity index (χ0v) is 9.65. The molecule has 0 spiro atoms. The number of benzene rings is 1. The second kappa shape index (κ2) is 3.84. The Labute approximate surface area is 105 Å². The minimum atomic E-state index is -4.36. The average Bonchev–Trinajstić information content (AvgIpc) is 2.64. The highest BCUT2D eigenvalue weighted by atomic mass is 19.4. The van der Waals surface area contributed by atoms with Crippen molar-refractivity contribution in [1.82, 2.24) is 14.5 Å². The lowest BCUT2D eigenvalue weighted by Crippen LogP contribution is -2.19. The van der Waals surface area contributed by atoms with Gasteiger partial charge in [0.15, 0.2) is 0 Å². The van der Waals surface area contributed by atoms with Gasteiger partial charge in [-0.1, -0.05) is 18.2 Å². The summed E-state index contributed by atoms with van der Waals surface area (Å²) in [5.74, 6) is -0.162. The highest BCUT2D eigenvalue weighted by Crippen LogP contribution is 2.28. The van der Waals surface area contributed by atoms with Crippen molar-refractivity contribution in [3.8, 4) is 0 Å². The van der Waals surface area contributed by atoms with E-state index in [2.05, 4.69) is 9.97 Å². The molecule has 3 aromatic rings. The number of rotatable bonds is 1. The van der Waals surface area contributed by atoms with Crippen molar-refractivity contribution < 1.29 is 13.2 Å². The molecule has 0 saturated carbocycles. The first-order chi connectivity index (χ1) is 8.96. The first kappa shape index (κ1) is 11.8. The third-order valence-electron chi connectivity index (χ3n) is 2.85. The molecular weight excluding hydrogens is 257 g/mol. The molecule has 0 radical (unpaired) electrons. The van der Waals surface area contributed by atoms with Gasteiger partial charge in [0.25, 0.3) is 0 Å². The van der Waals surface area contributed by atoms with Crippen LogP contribution < -0.4 is 5.73 Å². The Bertz CT molecular complexity index is 761. The van der Waals surface area contributed by atoms with Crippen LogP contribution in [-0.2, 0) is 6.54 Å². The number of imidazole rings is 1. The van der Waals surface area contributed by atoms with E-state index in [9.17, 15) is 13.2 Å². The summed E-state index contributed by atoms with van der Waals surface area (Å²) >= 11 is 0. The Kier molecular flexibility index (Phi) is 2.38. The highest BCUT2D eigenvalue weighted by Gasteiger charge is 2.30. The zero-order valence-electron chi connectivity index (χ0n) is 9.65. The van der Waals surface area contributed by atoms with Gasteiger partial charge in [-0.15, -0.1) is 0 Å². The van der Waals surface area contributed by atoms with Crippen molar-refractivity contribution in [1.29, 1.82) is 0 Å². The number of anilines is 1. The summed E-state index contributed by atoms with van der Waals surface area (Å²) in [6.07, 6.45) is -2.92. The van der Waals surface area contributed by atoms with Crippen LogP contribution >= 0.6 is 0 Å². The van der Waals surface area contributed by atoms with Crippen molar-refractivity contribution >= 4 is 27.9 Å². The maximum Gasteiger partial charge on any atom is 0.406 e. The number of halogens is 3. The Morgan fingerprint density at radius 2 is 1.89 bits per heavy atom. The standard InChI is InChI=1S/C12H9F3N4/c13-12(14,15)6-19-10-7-3-1-2-4-8(7)17-5-9(10)18-11(19)16/h1-5H,6H2,(H2,16,18). The molecule has 4 nitrogen and oxygen atoms in total. The SMILES string of the molecule is Nc1nc2cnc3ccccc3c2n1CC(F)(F)F. The number of nitrogens with zero attached hydrogens (tertiary/aromatic N) is 3. The van der Waals surface area contributed by atoms with Gasteiger partial charge in [-0.3, -0.25) is 4.98 Å². The molecule has 2 N–H and O–H groups in total. The van der Waals surface area contributed by atoms with Gasteiger partial charge in [-0.05, 0) is 6.07 Å². The Hall–Kier alpha value is -2.31. The van der Waals surface area contributed by atoms with Gasteiger partial charge in [-0.2, -0.15) is 13.2 Å². The normalized spacial score (nSPS) is 12.4. The van der Waals surface area contributed by atoms with E-state index in [1.165, 1.54) is 6.20 Å². The minimum absolute atomic E-state index is 0.162. The number of nitrogens with two attached hydrogens (primary N) is 1. The maximum atomic E-state index is 12.6. The molecule has 0 atom stereocenters. The van der Waals surface area contributed by atoms with Gasteiger partial charge in [0.05, 0.1) is 17.2 Å². The van der Waals surface area contributed by atoms with E-state index in [0.29, 0.717) is 21.9 Å². The van der Waals surface area contributed by atoms with Crippen LogP contribution in [0.4, 0.5) is 19.1 Å². The lowest BCUT2D eigenvalue weighted by atomic mass is 10.2. The largest absolute Gasteiger partial charge is 0.406 e. The number of aromatic nitrogens is 3. The number of alkyl halides is 3. The van der Waals surface area contributed by atoms with E-state index in [4.69, 9.17) is 5.73 Å². The topological polar surface area (TPSA) is 56.7 Å². The van der Waals surface area contributed by atoms with E-state index in [1.54, 1.807) is 24.3 Å². The summed E-state index contributed by atoms with van der Waals surface area (Å²) in [6, 6.07) is 6.95. The molecule has 2 heterocycles. The number of hydrogen-bond acceptors (Lipinski definition) is 3. The van der Waals surface area contributed by atoms with E-state index >= 15 is 0 Å². The molecule has 2 aromatic heterocycles. The fraction of sp³-hybridized carbons (Fsp3) is 0.167. The van der Waals surface area contributed by atoms with Gasteiger partial charge in [0.1, 0.15) is 12.1 Å². The number of fused-ring (bicyclic) bond motifs is 3. The molecule has 0 aliphatic rings. The van der Waals surface area contributed by atoms with Crippen LogP contribution in [0.2, 0.25) is 0 Å². The summed E-state index contributed by atoms with van der Waals surface area (Å²) in [4.78, 5) is 8.07. The molecule has 98 valence electrons. The molecular formula is C12H9F3N4. The van der Waals surface area contributed by atoms with Gasteiger partial charge >= 0.3 is 6.18 Å². The second-order valence-corrected chi connectivity index (χ2v) is 4.18. The maximum absolute atomic E-state index is 12.6. The van der Waals surface area contributed by atoms with Crippen LogP contribution in [0.15, 0.2) is 30.5 Å². The summed E-state index contributed by atoms with van der Waals surface area (Å²) in [7, 11) is 0. The van der Waals surface area contributed by atoms with Crippen molar-refractivity contribution in [2.75, 3.05) is 5.73 Å². The van der Waals surface area contributed by atoms with Crippen LogP contribution in [0, 0.1) is 0 Å². The van der Waals surface area contributed by atoms with Crippen LogP contribution in [0.5, 0.6) is 0 Å². The third kappa shape index (κ3) is 1.96. The van der Waals surface area contributed by atoms with Crippen molar-refractivity contribution in [2.45, 2.75) is 12.7 Å². The van der Waals surface area contributed by atoms with Gasteiger partial charge in [-0.25, -0.2) is 4.98 Å². The Balaban J connectivity index is 2.37. The Morgan fingerprint density at radius 1 is 1.16 bits per heavy atom. The molecule has 7 heteroatoms. The van der Waals surface area contributed by atoms with Crippen molar-refractivity contribution in [3.63, 3.8) is 0 Å². The predicted molar refractivity (Wildman–Crippen MR) is 65.5 cm³/mol. The van der Waals surface area contributed by atoms with Crippen LogP contribution in [0.3, 0.4) is 0 Å². The van der Waals surface area contributed by atoms with E-state index < -0.39 is 12.7 Å². The number of hydrogen-bond donors (Lipinski definition) is 1. The van der Waals surface area contributed by atoms with Crippen molar-refractivity contribution in [3.05, 3.63) is 30.5 Å². The molecule has 0 aliphatic heterocycles. The fourth-order valence-electron chi connectivity index (χ4n) is 2.12. The van der Waals surface area contributed by atoms with Gasteiger partial charge in [0.2, 0.25) is 5.95 Å². The molecule has 0 saturated heterocycles. The van der Waals surface area contributed by atoms with E-state index in [1.807, 2.05) is 0 Å². The van der Waals surface area contributed by atoms with Crippen LogP contribution in [0.25, 0.3) is 21.9 Å². The molecule has 1 aromatic carbocycles. The summed E-state index contributed by atoms with van der Waals surface area (Å²) in [5.41, 5.74) is 6.91. The van der Waals surface area contributed by atoms with Crippen LogP contribution in [0.1, 0.15) is 0 Å². The summed E-state index contributed by atoms with van der Waals surface area (Å²) in [5, 5.41) is 0.605. The highest BCUT2D eigenvalue weighted by molar-refractivity contribution is 6.02. The fourth-order valence-corrected chi connectivity index (χ4v) is 2.12. The van der Waals surface area contributed by atoms with Gasteiger partial charge < -0.3 is 10.3 Å². The quantitative estimate of drug-likeness (QED) is 0.736. The van der Waals surface area contributed by atoms with Crippen LogP contribution in [-0.4, -0.2) is 20.7 Å². The molecule has 0 unspecified atom stereocenters. The first-order valence-corrected chi connectivity index (χ1v) is 5.52. The number of nitrogen functional groups attached to an aromatic ring is 1. The summed E-state index contributed by atoms with van der Waals surface area (Å²) in [6.45, 7) is -1.16. The van der Waals surface area contributed by atoms with E-state index in [0.717, 1.165) is 4.57 Å². The zero-order chi connectivity index (χ0) is 13.6.